The van der Waals surface area contributed by atoms with Gasteiger partial charge in [0.05, 0.1) is 25.6 Å². The number of nitrogens with zero attached hydrogens (tertiary/aromatic N) is 1. The third kappa shape index (κ3) is 11.5. The van der Waals surface area contributed by atoms with Gasteiger partial charge < -0.3 is 26.7 Å². The molecule has 0 saturated heterocycles. The van der Waals surface area contributed by atoms with Crippen LogP contribution in [-0.2, 0) is 9.47 Å². The number of aryl methyl sites for hydroxylation is 2. The molecule has 0 atom stereocenters. The number of thiocarbonyl (C=S) groups is 2. The van der Waals surface area contributed by atoms with E-state index in [-0.39, 0.29) is 42.5 Å². The van der Waals surface area contributed by atoms with Crippen LogP contribution in [0.2, 0.25) is 0 Å². The van der Waals surface area contributed by atoms with Crippen LogP contribution < -0.4 is 22.1 Å². The van der Waals surface area contributed by atoms with Gasteiger partial charge in [-0.05, 0) is 61.5 Å². The first-order chi connectivity index (χ1) is 13.1. The maximum absolute atomic E-state index is 7.82. The average molecular weight is 634 g/mol. The number of benzene rings is 2. The third-order valence-corrected chi connectivity index (χ3v) is 3.69. The van der Waals surface area contributed by atoms with E-state index >= 15 is 0 Å². The number of hydrogen-bond acceptors (Lipinski definition) is 5. The number of methoxy groups -OCH3 is 2. The Kier molecular flexibility index (Phi) is 15.9. The summed E-state index contributed by atoms with van der Waals surface area (Å²) >= 11 is 8.50. The zero-order valence-electron chi connectivity index (χ0n) is 17.1. The van der Waals surface area contributed by atoms with Gasteiger partial charge >= 0.3 is 26.2 Å². The molecule has 0 aromatic heterocycles. The zero-order chi connectivity index (χ0) is 21.7. The molecule has 0 spiro atoms. The normalized spacial score (nSPS) is 8.55. The first kappa shape index (κ1) is 29.2. The molecule has 2 aromatic carbocycles. The molecule has 2 aromatic rings. The van der Waals surface area contributed by atoms with E-state index in [1.807, 2.05) is 62.4 Å². The molecule has 7 nitrogen and oxygen atoms in total. The Labute approximate surface area is 202 Å². The third-order valence-electron chi connectivity index (χ3n) is 3.36. The molecule has 0 amide bonds. The fourth-order valence-corrected chi connectivity index (χ4v) is 2.02. The SMILES string of the molecule is COC(N)=S.COC(N)=S.Cc1ccccc1N(C(=N)N)c1ccccc1C.[BiH3]. The van der Waals surface area contributed by atoms with Gasteiger partial charge in [-0.25, -0.2) is 0 Å². The Morgan fingerprint density at radius 3 is 1.28 bits per heavy atom. The molecule has 0 aliphatic carbocycles. The number of rotatable bonds is 2. The number of ether oxygens (including phenoxy) is 2. The van der Waals surface area contributed by atoms with Gasteiger partial charge in [-0.3, -0.25) is 10.3 Å². The van der Waals surface area contributed by atoms with Crippen LogP contribution in [0.1, 0.15) is 11.1 Å². The van der Waals surface area contributed by atoms with Crippen molar-refractivity contribution in [1.29, 1.82) is 5.41 Å². The predicted molar refractivity (Wildman–Crippen MR) is 134 cm³/mol. The molecule has 0 aliphatic heterocycles. The van der Waals surface area contributed by atoms with E-state index in [1.54, 1.807) is 4.90 Å². The summed E-state index contributed by atoms with van der Waals surface area (Å²) in [5, 5.41) is 8.00. The summed E-state index contributed by atoms with van der Waals surface area (Å²) in [6, 6.07) is 15.9. The number of nitrogens with one attached hydrogen (secondary N) is 1. The second-order valence-corrected chi connectivity index (χ2v) is 6.14. The maximum atomic E-state index is 7.82. The van der Waals surface area contributed by atoms with Crippen LogP contribution in [0.15, 0.2) is 48.5 Å². The Morgan fingerprint density at radius 1 is 0.793 bits per heavy atom. The Bertz CT molecular complexity index is 746. The van der Waals surface area contributed by atoms with Crippen LogP contribution in [-0.4, -0.2) is 56.7 Å². The molecule has 10 heteroatoms. The van der Waals surface area contributed by atoms with Gasteiger partial charge in [0.1, 0.15) is 0 Å². The van der Waals surface area contributed by atoms with Gasteiger partial charge in [0.2, 0.25) is 0 Å². The summed E-state index contributed by atoms with van der Waals surface area (Å²) in [4.78, 5) is 1.77. The second-order valence-electron chi connectivity index (χ2n) is 5.34. The summed E-state index contributed by atoms with van der Waals surface area (Å²) in [7, 11) is 2.87. The van der Waals surface area contributed by atoms with E-state index < -0.39 is 0 Å². The van der Waals surface area contributed by atoms with Gasteiger partial charge in [0, 0.05) is 0 Å². The number of guanidine groups is 1. The van der Waals surface area contributed by atoms with E-state index in [0.717, 1.165) is 22.5 Å². The molecular formula is C19H30BiN5O2S2. The van der Waals surface area contributed by atoms with Crippen molar-refractivity contribution in [2.24, 2.45) is 17.2 Å². The average Bonchev–Trinajstić information content (AvgIpc) is 2.65. The van der Waals surface area contributed by atoms with Gasteiger partial charge in [-0.15, -0.1) is 0 Å². The minimum absolute atomic E-state index is 0. The molecule has 0 saturated carbocycles. The summed E-state index contributed by atoms with van der Waals surface area (Å²) < 4.78 is 8.52. The molecule has 7 N–H and O–H groups in total. The van der Waals surface area contributed by atoms with Crippen LogP contribution in [0.5, 0.6) is 0 Å². The van der Waals surface area contributed by atoms with E-state index in [9.17, 15) is 0 Å². The Hall–Kier alpha value is -2.03. The van der Waals surface area contributed by atoms with Crippen LogP contribution in [0.25, 0.3) is 0 Å². The molecule has 0 radical (unpaired) electrons. The molecule has 0 unspecified atom stereocenters. The first-order valence-electron chi connectivity index (χ1n) is 8.07. The molecule has 160 valence electrons. The van der Waals surface area contributed by atoms with Crippen molar-refractivity contribution in [3.8, 4) is 0 Å². The van der Waals surface area contributed by atoms with Gasteiger partial charge in [0.25, 0.3) is 10.3 Å². The molecule has 29 heavy (non-hydrogen) atoms. The van der Waals surface area contributed by atoms with Crippen molar-refractivity contribution in [1.82, 2.24) is 0 Å². The van der Waals surface area contributed by atoms with Crippen molar-refractivity contribution >= 4 is 78.3 Å². The van der Waals surface area contributed by atoms with E-state index in [2.05, 4.69) is 33.9 Å². The quantitative estimate of drug-likeness (QED) is 0.171. The van der Waals surface area contributed by atoms with Gasteiger partial charge in [-0.2, -0.15) is 0 Å². The van der Waals surface area contributed by atoms with E-state index in [4.69, 9.17) is 22.6 Å². The molecule has 0 bridgehead atoms. The second kappa shape index (κ2) is 15.8. The minimum atomic E-state index is 0. The Balaban J connectivity index is 0. The molecule has 0 heterocycles. The van der Waals surface area contributed by atoms with Crippen molar-refractivity contribution < 1.29 is 9.47 Å². The summed E-state index contributed by atoms with van der Waals surface area (Å²) in [6.45, 7) is 4.03. The monoisotopic (exact) mass is 633 g/mol. The molecule has 0 aliphatic rings. The summed E-state index contributed by atoms with van der Waals surface area (Å²) in [5.74, 6) is 0.0265. The van der Waals surface area contributed by atoms with Crippen LogP contribution in [0.4, 0.5) is 11.4 Å². The first-order valence-corrected chi connectivity index (χ1v) is 8.89. The fourth-order valence-electron chi connectivity index (χ4n) is 2.02. The van der Waals surface area contributed by atoms with E-state index in [0.29, 0.717) is 0 Å². The predicted octanol–water partition coefficient (Wildman–Crippen LogP) is 1.90. The fraction of sp³-hybridized carbons (Fsp3) is 0.211. The van der Waals surface area contributed by atoms with E-state index in [1.165, 1.54) is 14.2 Å². The molecule has 2 rings (SSSR count). The van der Waals surface area contributed by atoms with Crippen molar-refractivity contribution in [2.45, 2.75) is 13.8 Å². The van der Waals surface area contributed by atoms with Crippen LogP contribution in [0, 0.1) is 19.3 Å². The summed E-state index contributed by atoms with van der Waals surface area (Å²) in [5.41, 5.74) is 19.4. The molecular weight excluding hydrogens is 603 g/mol. The topological polar surface area (TPSA) is 124 Å². The summed E-state index contributed by atoms with van der Waals surface area (Å²) in [6.07, 6.45) is 0. The number of anilines is 2. The standard InChI is InChI=1S/C15H17N3.2C2H5NOS.Bi.3H/c1-11-7-3-5-9-13(11)18(15(16)17)14-10-6-4-8-12(14)2;2*1-4-2(3)5;;;;/h3-10H,1-2H3,(H3,16,17);2*1H3,(H2,3,5);;;;. The number of nitrogens with two attached hydrogens (primary N) is 3. The van der Waals surface area contributed by atoms with Crippen LogP contribution in [0.3, 0.4) is 0 Å². The molecule has 0 fully saturated rings. The van der Waals surface area contributed by atoms with Gasteiger partial charge in [0.15, 0.2) is 5.96 Å². The number of para-hydroxylation sites is 2. The van der Waals surface area contributed by atoms with Crippen molar-refractivity contribution in [3.63, 3.8) is 0 Å². The Morgan fingerprint density at radius 2 is 1.07 bits per heavy atom. The zero-order valence-corrected chi connectivity index (χ0v) is 24.3. The van der Waals surface area contributed by atoms with Gasteiger partial charge in [-0.1, -0.05) is 36.4 Å². The van der Waals surface area contributed by atoms with Crippen molar-refractivity contribution in [3.05, 3.63) is 59.7 Å². The van der Waals surface area contributed by atoms with Crippen molar-refractivity contribution in [2.75, 3.05) is 19.1 Å². The number of hydrogen-bond donors (Lipinski definition) is 4. The van der Waals surface area contributed by atoms with Crippen LogP contribution >= 0.6 is 24.4 Å².